The molecule has 2 N–H and O–H groups in total. The second-order valence-corrected chi connectivity index (χ2v) is 5.41. The van der Waals surface area contributed by atoms with Crippen molar-refractivity contribution in [2.45, 2.75) is 18.9 Å². The van der Waals surface area contributed by atoms with Crippen molar-refractivity contribution in [3.8, 4) is 0 Å². The predicted molar refractivity (Wildman–Crippen MR) is 76.6 cm³/mol. The van der Waals surface area contributed by atoms with E-state index in [1.54, 1.807) is 12.5 Å². The van der Waals surface area contributed by atoms with Gasteiger partial charge in [0, 0.05) is 31.7 Å². The van der Waals surface area contributed by atoms with Crippen LogP contribution in [-0.2, 0) is 4.79 Å². The summed E-state index contributed by atoms with van der Waals surface area (Å²) < 4.78 is 0. The molecule has 108 valence electrons. The molecule has 0 aromatic carbocycles. The monoisotopic (exact) mass is 275 g/mol. The van der Waals surface area contributed by atoms with Crippen molar-refractivity contribution in [1.29, 1.82) is 0 Å². The molecule has 6 nitrogen and oxygen atoms in total. The lowest BCUT2D eigenvalue weighted by atomic mass is 9.88. The number of hydrogen-bond acceptors (Lipinski definition) is 6. The van der Waals surface area contributed by atoms with Crippen molar-refractivity contribution in [3.63, 3.8) is 0 Å². The van der Waals surface area contributed by atoms with Crippen LogP contribution in [0.25, 0.3) is 0 Å². The van der Waals surface area contributed by atoms with Gasteiger partial charge in [0.25, 0.3) is 0 Å². The molecule has 0 spiro atoms. The summed E-state index contributed by atoms with van der Waals surface area (Å²) in [6.07, 6.45) is 5.18. The summed E-state index contributed by atoms with van der Waals surface area (Å²) in [7, 11) is 0. The maximum absolute atomic E-state index is 12.8. The zero-order valence-corrected chi connectivity index (χ0v) is 11.6. The standard InChI is InChI=1S/C14H21N5O/c20-14(11-1-4-15-5-2-11)12-9-16-7-8-19(12)13-3-6-17-10-18-13/h3,6,10-12,15-16H,1-2,4-5,7-9H2. The first-order valence-corrected chi connectivity index (χ1v) is 7.34. The van der Waals surface area contributed by atoms with Crippen molar-refractivity contribution in [3.05, 3.63) is 18.6 Å². The van der Waals surface area contributed by atoms with E-state index in [1.807, 2.05) is 6.07 Å². The molecule has 2 aliphatic rings. The maximum Gasteiger partial charge on any atom is 0.159 e. The third-order valence-corrected chi connectivity index (χ3v) is 4.17. The van der Waals surface area contributed by atoms with E-state index >= 15 is 0 Å². The molecule has 0 radical (unpaired) electrons. The first kappa shape index (κ1) is 13.5. The number of hydrogen-bond donors (Lipinski definition) is 2. The van der Waals surface area contributed by atoms with Gasteiger partial charge in [-0.2, -0.15) is 0 Å². The average Bonchev–Trinajstić information content (AvgIpc) is 2.56. The third kappa shape index (κ3) is 2.81. The van der Waals surface area contributed by atoms with Crippen molar-refractivity contribution in [2.75, 3.05) is 37.6 Å². The summed E-state index contributed by atoms with van der Waals surface area (Å²) >= 11 is 0. The number of nitrogens with zero attached hydrogens (tertiary/aromatic N) is 3. The molecule has 1 aromatic rings. The molecule has 1 aromatic heterocycles. The second kappa shape index (κ2) is 6.28. The molecule has 3 rings (SSSR count). The van der Waals surface area contributed by atoms with E-state index < -0.39 is 0 Å². The number of piperidine rings is 1. The molecule has 0 bridgehead atoms. The van der Waals surface area contributed by atoms with Gasteiger partial charge in [-0.25, -0.2) is 9.97 Å². The Kier molecular flexibility index (Phi) is 4.22. The van der Waals surface area contributed by atoms with Gasteiger partial charge in [0.05, 0.1) is 0 Å². The van der Waals surface area contributed by atoms with Gasteiger partial charge in [0.1, 0.15) is 18.2 Å². The smallest absolute Gasteiger partial charge is 0.159 e. The second-order valence-electron chi connectivity index (χ2n) is 5.41. The molecule has 1 atom stereocenters. The van der Waals surface area contributed by atoms with E-state index in [0.29, 0.717) is 12.3 Å². The summed E-state index contributed by atoms with van der Waals surface area (Å²) in [4.78, 5) is 23.2. The Balaban J connectivity index is 1.76. The predicted octanol–water partition coefficient (Wildman–Crippen LogP) is -0.176. The van der Waals surface area contributed by atoms with E-state index in [0.717, 1.165) is 44.8 Å². The van der Waals surface area contributed by atoms with Gasteiger partial charge in [-0.05, 0) is 32.0 Å². The molecule has 3 heterocycles. The normalized spacial score (nSPS) is 24.6. The van der Waals surface area contributed by atoms with E-state index in [1.165, 1.54) is 0 Å². The van der Waals surface area contributed by atoms with Crippen LogP contribution in [0.5, 0.6) is 0 Å². The van der Waals surface area contributed by atoms with Gasteiger partial charge >= 0.3 is 0 Å². The number of carbonyl (C=O) groups is 1. The van der Waals surface area contributed by atoms with Crippen LogP contribution >= 0.6 is 0 Å². The maximum atomic E-state index is 12.8. The highest BCUT2D eigenvalue weighted by molar-refractivity contribution is 5.89. The SMILES string of the molecule is O=C(C1CCNCC1)C1CNCCN1c1ccncn1. The molecule has 0 amide bonds. The topological polar surface area (TPSA) is 70.2 Å². The molecular weight excluding hydrogens is 254 g/mol. The highest BCUT2D eigenvalue weighted by atomic mass is 16.1. The first-order chi connectivity index (χ1) is 9.86. The Morgan fingerprint density at radius 1 is 1.25 bits per heavy atom. The molecule has 2 aliphatic heterocycles. The number of ketones is 1. The Hall–Kier alpha value is -1.53. The number of aromatic nitrogens is 2. The number of piperazine rings is 1. The average molecular weight is 275 g/mol. The lowest BCUT2D eigenvalue weighted by Crippen LogP contribution is -2.57. The minimum absolute atomic E-state index is 0.0956. The largest absolute Gasteiger partial charge is 0.344 e. The molecule has 2 saturated heterocycles. The van der Waals surface area contributed by atoms with Gasteiger partial charge < -0.3 is 15.5 Å². The summed E-state index contributed by atoms with van der Waals surface area (Å²) in [6, 6.07) is 1.79. The van der Waals surface area contributed by atoms with Gasteiger partial charge in [0.2, 0.25) is 0 Å². The number of anilines is 1. The van der Waals surface area contributed by atoms with Crippen LogP contribution in [0, 0.1) is 5.92 Å². The van der Waals surface area contributed by atoms with Crippen LogP contribution in [0.15, 0.2) is 18.6 Å². The fraction of sp³-hybridized carbons (Fsp3) is 0.643. The van der Waals surface area contributed by atoms with E-state index in [4.69, 9.17) is 0 Å². The first-order valence-electron chi connectivity index (χ1n) is 7.34. The zero-order chi connectivity index (χ0) is 13.8. The van der Waals surface area contributed by atoms with E-state index in [9.17, 15) is 4.79 Å². The fourth-order valence-corrected chi connectivity index (χ4v) is 3.06. The number of rotatable bonds is 3. The molecule has 6 heteroatoms. The molecule has 0 aliphatic carbocycles. The van der Waals surface area contributed by atoms with E-state index in [-0.39, 0.29) is 12.0 Å². The summed E-state index contributed by atoms with van der Waals surface area (Å²) in [5.41, 5.74) is 0. The summed E-state index contributed by atoms with van der Waals surface area (Å²) in [6.45, 7) is 4.32. The Labute approximate surface area is 119 Å². The van der Waals surface area contributed by atoms with Crippen LogP contribution in [0.2, 0.25) is 0 Å². The highest BCUT2D eigenvalue weighted by Gasteiger charge is 2.34. The molecule has 2 fully saturated rings. The van der Waals surface area contributed by atoms with Crippen LogP contribution < -0.4 is 15.5 Å². The fourth-order valence-electron chi connectivity index (χ4n) is 3.06. The van der Waals surface area contributed by atoms with Crippen molar-refractivity contribution in [1.82, 2.24) is 20.6 Å². The molecule has 0 saturated carbocycles. The van der Waals surface area contributed by atoms with Gasteiger partial charge in [-0.1, -0.05) is 0 Å². The summed E-state index contributed by atoms with van der Waals surface area (Å²) in [5, 5.41) is 6.65. The number of nitrogens with one attached hydrogen (secondary N) is 2. The molecule has 1 unspecified atom stereocenters. The van der Waals surface area contributed by atoms with Crippen molar-refractivity contribution >= 4 is 11.6 Å². The lowest BCUT2D eigenvalue weighted by Gasteiger charge is -2.38. The minimum Gasteiger partial charge on any atom is -0.344 e. The van der Waals surface area contributed by atoms with Gasteiger partial charge in [-0.3, -0.25) is 4.79 Å². The van der Waals surface area contributed by atoms with Crippen molar-refractivity contribution in [2.24, 2.45) is 5.92 Å². The van der Waals surface area contributed by atoms with Crippen LogP contribution in [0.1, 0.15) is 12.8 Å². The van der Waals surface area contributed by atoms with Crippen LogP contribution in [-0.4, -0.2) is 54.5 Å². The number of carbonyl (C=O) groups excluding carboxylic acids is 1. The van der Waals surface area contributed by atoms with Crippen LogP contribution in [0.4, 0.5) is 5.82 Å². The summed E-state index contributed by atoms with van der Waals surface area (Å²) in [5.74, 6) is 1.40. The number of Topliss-reactive ketones (excluding diaryl/α,β-unsaturated/α-hetero) is 1. The molecular formula is C14H21N5O. The van der Waals surface area contributed by atoms with Crippen LogP contribution in [0.3, 0.4) is 0 Å². The quantitative estimate of drug-likeness (QED) is 0.798. The zero-order valence-electron chi connectivity index (χ0n) is 11.6. The van der Waals surface area contributed by atoms with Crippen molar-refractivity contribution < 1.29 is 4.79 Å². The van der Waals surface area contributed by atoms with Gasteiger partial charge in [0.15, 0.2) is 5.78 Å². The highest BCUT2D eigenvalue weighted by Crippen LogP contribution is 2.21. The Morgan fingerprint density at radius 3 is 2.85 bits per heavy atom. The van der Waals surface area contributed by atoms with Gasteiger partial charge in [-0.15, -0.1) is 0 Å². The third-order valence-electron chi connectivity index (χ3n) is 4.17. The Bertz CT molecular complexity index is 446. The lowest BCUT2D eigenvalue weighted by molar-refractivity contribution is -0.125. The molecule has 20 heavy (non-hydrogen) atoms. The Morgan fingerprint density at radius 2 is 2.10 bits per heavy atom. The van der Waals surface area contributed by atoms with E-state index in [2.05, 4.69) is 25.5 Å². The minimum atomic E-state index is -0.0956.